The molecule has 0 spiro atoms. The third-order valence-electron chi connectivity index (χ3n) is 6.46. The summed E-state index contributed by atoms with van der Waals surface area (Å²) < 4.78 is 6.17. The lowest BCUT2D eigenvalue weighted by molar-refractivity contribution is 0.124. The highest BCUT2D eigenvalue weighted by molar-refractivity contribution is 6.74. The molecule has 0 aliphatic heterocycles. The van der Waals surface area contributed by atoms with E-state index < -0.39 is 8.32 Å². The molecule has 0 aliphatic carbocycles. The van der Waals surface area contributed by atoms with Gasteiger partial charge in [0, 0.05) is 6.61 Å². The monoisotopic (exact) mass is 438 g/mol. The van der Waals surface area contributed by atoms with E-state index in [9.17, 15) is 5.11 Å². The molecule has 0 aliphatic rings. The summed E-state index contributed by atoms with van der Waals surface area (Å²) in [6.45, 7) is 14.3. The summed E-state index contributed by atoms with van der Waals surface area (Å²) in [4.78, 5) is 0. The zero-order valence-corrected chi connectivity index (χ0v) is 22.3. The smallest absolute Gasteiger partial charge is 0.191 e. The lowest BCUT2D eigenvalue weighted by atomic mass is 10.0. The van der Waals surface area contributed by atoms with Gasteiger partial charge in [-0.2, -0.15) is 0 Å². The standard InChI is InChI=1S/C27H54O2Si/c1-7-8-9-10-11-12-13-14-15-16-17-18-19-20-21-22-23-26(28)24-25-29-30(5,6)27(2,3)4/h11-12,14-15,26,28H,7-10,13,16-25H2,1-6H3/b12-11-,15-14-/t26-/m0/s1. The average Bonchev–Trinajstić information content (AvgIpc) is 2.66. The summed E-state index contributed by atoms with van der Waals surface area (Å²) in [5, 5.41) is 10.4. The molecule has 1 atom stereocenters. The van der Waals surface area contributed by atoms with Crippen LogP contribution in [0.4, 0.5) is 0 Å². The van der Waals surface area contributed by atoms with Crippen molar-refractivity contribution in [3.63, 3.8) is 0 Å². The zero-order valence-electron chi connectivity index (χ0n) is 21.3. The van der Waals surface area contributed by atoms with Gasteiger partial charge in [-0.1, -0.05) is 96.9 Å². The molecule has 0 saturated heterocycles. The Bertz CT molecular complexity index is 435. The highest BCUT2D eigenvalue weighted by Crippen LogP contribution is 2.36. The van der Waals surface area contributed by atoms with Crippen molar-refractivity contribution in [2.75, 3.05) is 6.61 Å². The largest absolute Gasteiger partial charge is 0.417 e. The van der Waals surface area contributed by atoms with Crippen molar-refractivity contribution >= 4 is 8.32 Å². The summed E-state index contributed by atoms with van der Waals surface area (Å²) in [7, 11) is -1.67. The van der Waals surface area contributed by atoms with Crippen LogP contribution in [0.5, 0.6) is 0 Å². The third-order valence-corrected chi connectivity index (χ3v) is 11.0. The number of aliphatic hydroxyl groups is 1. The summed E-state index contributed by atoms with van der Waals surface area (Å²) in [6, 6.07) is 0. The average molecular weight is 439 g/mol. The highest BCUT2D eigenvalue weighted by Gasteiger charge is 2.36. The van der Waals surface area contributed by atoms with Gasteiger partial charge in [0.05, 0.1) is 6.10 Å². The molecule has 0 heterocycles. The van der Waals surface area contributed by atoms with Gasteiger partial charge in [-0.25, -0.2) is 0 Å². The Morgan fingerprint density at radius 1 is 0.767 bits per heavy atom. The van der Waals surface area contributed by atoms with Crippen LogP contribution in [0.2, 0.25) is 18.1 Å². The Hall–Kier alpha value is -0.383. The number of rotatable bonds is 19. The second-order valence-electron chi connectivity index (χ2n) is 10.4. The Balaban J connectivity index is 3.46. The summed E-state index contributed by atoms with van der Waals surface area (Å²) in [5.41, 5.74) is 0. The maximum atomic E-state index is 10.2. The predicted molar refractivity (Wildman–Crippen MR) is 138 cm³/mol. The molecule has 0 saturated carbocycles. The number of unbranched alkanes of at least 4 members (excludes halogenated alkanes) is 9. The molecule has 2 nitrogen and oxygen atoms in total. The van der Waals surface area contributed by atoms with Crippen LogP contribution in [0.25, 0.3) is 0 Å². The fourth-order valence-corrected chi connectivity index (χ4v) is 4.24. The first kappa shape index (κ1) is 29.6. The molecule has 0 aromatic heterocycles. The molecule has 178 valence electrons. The first-order valence-corrected chi connectivity index (χ1v) is 15.7. The van der Waals surface area contributed by atoms with Gasteiger partial charge in [-0.05, 0) is 63.1 Å². The summed E-state index contributed by atoms with van der Waals surface area (Å²) in [5.74, 6) is 0. The molecular formula is C27H54O2Si. The molecule has 0 bridgehead atoms. The normalized spacial score (nSPS) is 14.2. The Labute approximate surface area is 190 Å². The Kier molecular flexibility index (Phi) is 18.0. The minimum Gasteiger partial charge on any atom is -0.417 e. The van der Waals surface area contributed by atoms with E-state index in [2.05, 4.69) is 65.1 Å². The predicted octanol–water partition coefficient (Wildman–Crippen LogP) is 8.96. The number of hydrogen-bond acceptors (Lipinski definition) is 2. The minimum atomic E-state index is -1.67. The van der Waals surface area contributed by atoms with Crippen molar-refractivity contribution in [2.24, 2.45) is 0 Å². The second-order valence-corrected chi connectivity index (χ2v) is 15.2. The molecule has 0 amide bonds. The number of allylic oxidation sites excluding steroid dienone is 4. The van der Waals surface area contributed by atoms with Crippen molar-refractivity contribution in [1.82, 2.24) is 0 Å². The quantitative estimate of drug-likeness (QED) is 0.124. The molecule has 1 N–H and O–H groups in total. The van der Waals surface area contributed by atoms with Crippen LogP contribution in [0, 0.1) is 0 Å². The number of hydrogen-bond donors (Lipinski definition) is 1. The Morgan fingerprint density at radius 2 is 1.30 bits per heavy atom. The van der Waals surface area contributed by atoms with Gasteiger partial charge < -0.3 is 9.53 Å². The van der Waals surface area contributed by atoms with E-state index in [-0.39, 0.29) is 11.1 Å². The van der Waals surface area contributed by atoms with Crippen molar-refractivity contribution in [2.45, 2.75) is 142 Å². The molecular weight excluding hydrogens is 384 g/mol. The third kappa shape index (κ3) is 17.3. The van der Waals surface area contributed by atoms with Gasteiger partial charge in [0.25, 0.3) is 0 Å². The van der Waals surface area contributed by atoms with E-state index in [0.717, 1.165) is 25.7 Å². The zero-order chi connectivity index (χ0) is 22.7. The summed E-state index contributed by atoms with van der Waals surface area (Å²) >= 11 is 0. The summed E-state index contributed by atoms with van der Waals surface area (Å²) in [6.07, 6.45) is 26.0. The highest BCUT2D eigenvalue weighted by atomic mass is 28.4. The van der Waals surface area contributed by atoms with Crippen LogP contribution in [0.15, 0.2) is 24.3 Å². The van der Waals surface area contributed by atoms with Crippen LogP contribution in [0.1, 0.15) is 118 Å². The molecule has 0 rings (SSSR count). The van der Waals surface area contributed by atoms with E-state index in [1.165, 1.54) is 64.2 Å². The van der Waals surface area contributed by atoms with Crippen molar-refractivity contribution < 1.29 is 9.53 Å². The topological polar surface area (TPSA) is 29.5 Å². The molecule has 30 heavy (non-hydrogen) atoms. The van der Waals surface area contributed by atoms with E-state index in [4.69, 9.17) is 4.43 Å². The lowest BCUT2D eigenvalue weighted by Gasteiger charge is -2.36. The second kappa shape index (κ2) is 18.2. The van der Waals surface area contributed by atoms with Crippen molar-refractivity contribution in [3.8, 4) is 0 Å². The molecule has 3 heteroatoms. The van der Waals surface area contributed by atoms with Gasteiger partial charge in [-0.3, -0.25) is 0 Å². The minimum absolute atomic E-state index is 0.194. The molecule has 0 aromatic rings. The van der Waals surface area contributed by atoms with E-state index in [1.54, 1.807) is 0 Å². The van der Waals surface area contributed by atoms with Crippen LogP contribution < -0.4 is 0 Å². The van der Waals surface area contributed by atoms with E-state index >= 15 is 0 Å². The molecule has 0 fully saturated rings. The lowest BCUT2D eigenvalue weighted by Crippen LogP contribution is -2.41. The van der Waals surface area contributed by atoms with Crippen molar-refractivity contribution in [3.05, 3.63) is 24.3 Å². The first-order chi connectivity index (χ1) is 14.2. The molecule has 0 aromatic carbocycles. The van der Waals surface area contributed by atoms with Crippen LogP contribution >= 0.6 is 0 Å². The van der Waals surface area contributed by atoms with E-state index in [1.807, 2.05) is 0 Å². The fourth-order valence-electron chi connectivity index (χ4n) is 3.18. The van der Waals surface area contributed by atoms with E-state index in [0.29, 0.717) is 6.61 Å². The van der Waals surface area contributed by atoms with Gasteiger partial charge in [0.15, 0.2) is 8.32 Å². The van der Waals surface area contributed by atoms with Gasteiger partial charge >= 0.3 is 0 Å². The van der Waals surface area contributed by atoms with Crippen molar-refractivity contribution in [1.29, 1.82) is 0 Å². The first-order valence-electron chi connectivity index (χ1n) is 12.8. The number of aliphatic hydroxyl groups excluding tert-OH is 1. The SMILES string of the molecule is CCCCC/C=C\C/C=C\CCCCCCCC[C@H](O)CCO[Si](C)(C)C(C)(C)C. The van der Waals surface area contributed by atoms with Crippen LogP contribution in [-0.4, -0.2) is 26.1 Å². The van der Waals surface area contributed by atoms with Gasteiger partial charge in [0.2, 0.25) is 0 Å². The molecule has 0 radical (unpaired) electrons. The Morgan fingerprint density at radius 3 is 1.87 bits per heavy atom. The maximum Gasteiger partial charge on any atom is 0.191 e. The van der Waals surface area contributed by atoms with Crippen LogP contribution in [0.3, 0.4) is 0 Å². The maximum absolute atomic E-state index is 10.2. The van der Waals surface area contributed by atoms with Gasteiger partial charge in [-0.15, -0.1) is 0 Å². The van der Waals surface area contributed by atoms with Gasteiger partial charge in [0.1, 0.15) is 0 Å². The fraction of sp³-hybridized carbons (Fsp3) is 0.852. The molecule has 0 unspecified atom stereocenters. The van der Waals surface area contributed by atoms with Crippen LogP contribution in [-0.2, 0) is 4.43 Å².